The maximum absolute atomic E-state index is 14.7. The van der Waals surface area contributed by atoms with Crippen LogP contribution in [0.1, 0.15) is 88.5 Å². The number of carbonyl (C=O) groups excluding carboxylic acids is 9. The van der Waals surface area contributed by atoms with Crippen LogP contribution in [-0.4, -0.2) is 129 Å². The van der Waals surface area contributed by atoms with Gasteiger partial charge in [0, 0.05) is 74.7 Å². The minimum Gasteiger partial charge on any atom is -0.370 e. The zero-order valence-corrected chi connectivity index (χ0v) is 41.7. The Labute approximate surface area is 428 Å². The molecule has 1 fully saturated rings. The maximum atomic E-state index is 14.7. The molecule has 9 amide bonds. The number of nitrogens with two attached hydrogens (primary N) is 3. The number of aromatic nitrogens is 3. The molecule has 74 heavy (non-hydrogen) atoms. The van der Waals surface area contributed by atoms with Crippen LogP contribution >= 0.6 is 0 Å². The smallest absolute Gasteiger partial charge is 0.243 e. The highest BCUT2D eigenvalue weighted by atomic mass is 16.2. The quantitative estimate of drug-likeness (QED) is 0.0335. The second-order valence-electron chi connectivity index (χ2n) is 18.2. The van der Waals surface area contributed by atoms with E-state index in [2.05, 4.69) is 62.5 Å². The molecule has 24 nitrogen and oxygen atoms in total. The number of H-pyrrole nitrogens is 2. The lowest BCUT2D eigenvalue weighted by molar-refractivity contribution is -0.135. The van der Waals surface area contributed by atoms with E-state index in [0.717, 1.165) is 10.9 Å². The Morgan fingerprint density at radius 1 is 0.757 bits per heavy atom. The van der Waals surface area contributed by atoms with Gasteiger partial charge in [-0.05, 0) is 55.7 Å². The maximum Gasteiger partial charge on any atom is 0.243 e. The van der Waals surface area contributed by atoms with E-state index in [9.17, 15) is 43.2 Å². The Hall–Kier alpha value is -8.31. The number of hydrogen-bond donors (Lipinski definition) is 13. The summed E-state index contributed by atoms with van der Waals surface area (Å²) in [7, 11) is 0. The molecule has 7 atom stereocenters. The topological polar surface area (TPSA) is 385 Å². The lowest BCUT2D eigenvalue weighted by Crippen LogP contribution is -2.60. The van der Waals surface area contributed by atoms with Gasteiger partial charge in [-0.3, -0.25) is 48.1 Å². The summed E-state index contributed by atoms with van der Waals surface area (Å²) in [6, 6.07) is 6.86. The molecule has 3 heterocycles. The van der Waals surface area contributed by atoms with Crippen LogP contribution in [0.25, 0.3) is 10.9 Å². The lowest BCUT2D eigenvalue weighted by Gasteiger charge is -2.28. The summed E-state index contributed by atoms with van der Waals surface area (Å²) in [5.41, 5.74) is 19.4. The Kier molecular flexibility index (Phi) is 21.9. The van der Waals surface area contributed by atoms with Crippen molar-refractivity contribution in [2.24, 2.45) is 22.2 Å². The molecule has 2 aromatic heterocycles. The summed E-state index contributed by atoms with van der Waals surface area (Å²) in [6.45, 7) is 3.24. The van der Waals surface area contributed by atoms with E-state index in [1.54, 1.807) is 36.5 Å². The molecule has 398 valence electrons. The number of nitrogens with one attached hydrogen (secondary N) is 10. The van der Waals surface area contributed by atoms with E-state index < -0.39 is 95.5 Å². The average Bonchev–Trinajstić information content (AvgIpc) is 4.04. The normalized spacial score (nSPS) is 21.3. The van der Waals surface area contributed by atoms with Crippen molar-refractivity contribution in [3.8, 4) is 0 Å². The van der Waals surface area contributed by atoms with E-state index in [1.165, 1.54) is 19.4 Å². The number of primary amides is 1. The van der Waals surface area contributed by atoms with Crippen LogP contribution in [0.4, 0.5) is 0 Å². The van der Waals surface area contributed by atoms with E-state index in [-0.39, 0.29) is 83.3 Å². The summed E-state index contributed by atoms with van der Waals surface area (Å²) < 4.78 is 0. The molecule has 0 aliphatic carbocycles. The first-order valence-corrected chi connectivity index (χ1v) is 24.8. The van der Waals surface area contributed by atoms with Gasteiger partial charge in [-0.1, -0.05) is 68.3 Å². The minimum absolute atomic E-state index is 0.0106. The standard InChI is InChI=1S/C50H69N15O9/c1-3-4-15-36(59-29(2)66)44(69)62-38-19-20-42(67)55-21-10-17-35(43(51)68)60-48(73)40(24-31-26-57-34-16-9-8-14-33(31)34)64-45(70)37(18-11-22-56-50(52)53)61-47(72)39(23-30-12-6-5-7-13-30)63-49(74)41(65-46(38)71)25-32-27-54-28-58-32/h5-9,12-14,16,26-28,35-41,57H,3-4,10-11,15,17-25H2,1-2H3,(H2,51,68)(H,54,58)(H,55,67)(H,59,66)(H,60,73)(H,61,72)(H,62,69)(H,63,74)(H,64,70)(H,65,71)(H4,52,53,56)/t35?,36-,37-,38-,39?,40-,41-/m0/s1. The number of rotatable bonds is 17. The molecule has 1 aliphatic rings. The number of imidazole rings is 1. The van der Waals surface area contributed by atoms with Crippen LogP contribution in [0.3, 0.4) is 0 Å². The first-order chi connectivity index (χ1) is 35.5. The van der Waals surface area contributed by atoms with Crippen LogP contribution < -0.4 is 59.7 Å². The van der Waals surface area contributed by atoms with Gasteiger partial charge >= 0.3 is 0 Å². The third-order valence-electron chi connectivity index (χ3n) is 12.3. The lowest BCUT2D eigenvalue weighted by atomic mass is 10.0. The molecule has 24 heteroatoms. The number of aliphatic imine (C=N–C) groups is 1. The van der Waals surface area contributed by atoms with Gasteiger partial charge in [0.1, 0.15) is 42.3 Å². The molecule has 0 saturated carbocycles. The zero-order chi connectivity index (χ0) is 53.6. The van der Waals surface area contributed by atoms with Crippen LogP contribution in [0.15, 0.2) is 78.3 Å². The zero-order valence-electron chi connectivity index (χ0n) is 41.7. The SMILES string of the molecule is CCCC[C@H](NC(C)=O)C(=O)N[C@H]1CCC(=O)NCCCC(C(N)=O)NC(=O)[C@H](Cc2c[nH]c3ccccc23)NC(=O)[C@H](CCCN=C(N)N)NC(=O)C(Cc2ccccc2)NC(=O)[C@H](Cc2cnc[nH]2)NC1=O. The van der Waals surface area contributed by atoms with Gasteiger partial charge < -0.3 is 69.7 Å². The number of unbranched alkanes of at least 4 members (excludes halogenated alkanes) is 1. The summed E-state index contributed by atoms with van der Waals surface area (Å²) >= 11 is 0. The van der Waals surface area contributed by atoms with Crippen molar-refractivity contribution in [3.63, 3.8) is 0 Å². The number of guanidine groups is 1. The fourth-order valence-corrected chi connectivity index (χ4v) is 8.40. The Morgan fingerprint density at radius 2 is 1.41 bits per heavy atom. The van der Waals surface area contributed by atoms with Gasteiger partial charge in [0.25, 0.3) is 0 Å². The van der Waals surface area contributed by atoms with Gasteiger partial charge in [-0.25, -0.2) is 4.98 Å². The first-order valence-electron chi connectivity index (χ1n) is 24.8. The highest BCUT2D eigenvalue weighted by Gasteiger charge is 2.35. The number of nitrogens with zero attached hydrogens (tertiary/aromatic N) is 2. The van der Waals surface area contributed by atoms with Gasteiger partial charge in [-0.2, -0.15) is 0 Å². The Balaban J connectivity index is 1.55. The van der Waals surface area contributed by atoms with Gasteiger partial charge in [0.15, 0.2) is 5.96 Å². The number of hydrogen-bond acceptors (Lipinski definition) is 11. The molecule has 0 radical (unpaired) electrons. The van der Waals surface area contributed by atoms with Crippen LogP contribution in [0.2, 0.25) is 0 Å². The van der Waals surface area contributed by atoms with E-state index >= 15 is 0 Å². The second kappa shape index (κ2) is 28.7. The Bertz CT molecular complexity index is 2580. The van der Waals surface area contributed by atoms with Crippen LogP contribution in [-0.2, 0) is 62.4 Å². The number of aromatic amines is 2. The first kappa shape index (κ1) is 56.6. The third kappa shape index (κ3) is 18.1. The fraction of sp³-hybridized carbons (Fsp3) is 0.460. The van der Waals surface area contributed by atoms with Crippen molar-refractivity contribution in [2.75, 3.05) is 13.1 Å². The molecule has 2 aromatic carbocycles. The molecule has 4 aromatic rings. The predicted molar refractivity (Wildman–Crippen MR) is 274 cm³/mol. The number of para-hydroxylation sites is 1. The molecule has 16 N–H and O–H groups in total. The fourth-order valence-electron chi connectivity index (χ4n) is 8.40. The minimum atomic E-state index is -1.42. The average molecular weight is 1020 g/mol. The molecular weight excluding hydrogens is 955 g/mol. The summed E-state index contributed by atoms with van der Waals surface area (Å²) in [5.74, 6) is -6.84. The predicted octanol–water partition coefficient (Wildman–Crippen LogP) is -1.25. The highest BCUT2D eigenvalue weighted by molar-refractivity contribution is 5.98. The number of amides is 9. The van der Waals surface area contributed by atoms with Crippen molar-refractivity contribution >= 4 is 70.0 Å². The molecule has 0 bridgehead atoms. The summed E-state index contributed by atoms with van der Waals surface area (Å²) in [5, 5.41) is 22.5. The Morgan fingerprint density at radius 3 is 2.08 bits per heavy atom. The molecule has 5 rings (SSSR count). The van der Waals surface area contributed by atoms with Crippen molar-refractivity contribution in [2.45, 2.75) is 133 Å². The van der Waals surface area contributed by atoms with Crippen LogP contribution in [0.5, 0.6) is 0 Å². The van der Waals surface area contributed by atoms with Crippen molar-refractivity contribution in [1.82, 2.24) is 57.5 Å². The number of carbonyl (C=O) groups is 9. The van der Waals surface area contributed by atoms with Crippen LogP contribution in [0, 0.1) is 0 Å². The summed E-state index contributed by atoms with van der Waals surface area (Å²) in [4.78, 5) is 139. The second-order valence-corrected chi connectivity index (χ2v) is 18.2. The number of benzene rings is 2. The van der Waals surface area contributed by atoms with Crippen molar-refractivity contribution in [3.05, 3.63) is 90.1 Å². The largest absolute Gasteiger partial charge is 0.370 e. The van der Waals surface area contributed by atoms with Gasteiger partial charge in [0.05, 0.1) is 6.33 Å². The summed E-state index contributed by atoms with van der Waals surface area (Å²) in [6.07, 6.45) is 5.38. The third-order valence-corrected chi connectivity index (χ3v) is 12.3. The van der Waals surface area contributed by atoms with Gasteiger partial charge in [-0.15, -0.1) is 0 Å². The molecular formula is C50H69N15O9. The molecule has 1 saturated heterocycles. The van der Waals surface area contributed by atoms with Crippen molar-refractivity contribution < 1.29 is 43.2 Å². The number of fused-ring (bicyclic) bond motifs is 1. The highest BCUT2D eigenvalue weighted by Crippen LogP contribution is 2.20. The molecule has 2 unspecified atom stereocenters. The molecule has 0 spiro atoms. The van der Waals surface area contributed by atoms with Gasteiger partial charge in [0.2, 0.25) is 53.2 Å². The van der Waals surface area contributed by atoms with E-state index in [4.69, 9.17) is 17.2 Å². The van der Waals surface area contributed by atoms with Crippen molar-refractivity contribution in [1.29, 1.82) is 0 Å². The monoisotopic (exact) mass is 1020 g/mol. The van der Waals surface area contributed by atoms with E-state index in [0.29, 0.717) is 29.7 Å². The van der Waals surface area contributed by atoms with E-state index in [1.807, 2.05) is 31.2 Å². The molecule has 1 aliphatic heterocycles.